The third-order valence-corrected chi connectivity index (χ3v) is 5.72. The standard InChI is InChI=1S/C22H23N3O/c1-16-4-3-11-24(16)12-13-25-15-21-19(5-2-6-20(21)22(25)26)18-9-7-17(14-23)8-10-18/h2,5-10,16H,3-4,11-13,15H2,1H3/t16-/m1/s1. The molecule has 2 aliphatic rings. The molecular formula is C22H23N3O. The van der Waals surface area contributed by atoms with Crippen LogP contribution in [-0.2, 0) is 6.54 Å². The summed E-state index contributed by atoms with van der Waals surface area (Å²) >= 11 is 0. The second-order valence-corrected chi connectivity index (χ2v) is 7.27. The first-order valence-corrected chi connectivity index (χ1v) is 9.33. The van der Waals surface area contributed by atoms with E-state index in [1.807, 2.05) is 41.3 Å². The van der Waals surface area contributed by atoms with Crippen LogP contribution >= 0.6 is 0 Å². The maximum atomic E-state index is 12.8. The summed E-state index contributed by atoms with van der Waals surface area (Å²) < 4.78 is 0. The van der Waals surface area contributed by atoms with E-state index in [0.29, 0.717) is 18.2 Å². The zero-order valence-electron chi connectivity index (χ0n) is 15.1. The minimum absolute atomic E-state index is 0.141. The lowest BCUT2D eigenvalue weighted by Crippen LogP contribution is -2.36. The Morgan fingerprint density at radius 2 is 1.88 bits per heavy atom. The number of nitriles is 1. The topological polar surface area (TPSA) is 47.3 Å². The number of hydrogen-bond acceptors (Lipinski definition) is 3. The van der Waals surface area contributed by atoms with E-state index in [0.717, 1.165) is 41.9 Å². The predicted octanol–water partition coefficient (Wildman–Crippen LogP) is 3.67. The Morgan fingerprint density at radius 3 is 2.58 bits per heavy atom. The molecule has 4 heteroatoms. The van der Waals surface area contributed by atoms with Gasteiger partial charge >= 0.3 is 0 Å². The molecule has 1 amide bonds. The predicted molar refractivity (Wildman–Crippen MR) is 102 cm³/mol. The van der Waals surface area contributed by atoms with Crippen molar-refractivity contribution >= 4 is 5.91 Å². The van der Waals surface area contributed by atoms with Crippen molar-refractivity contribution in [1.82, 2.24) is 9.80 Å². The van der Waals surface area contributed by atoms with E-state index < -0.39 is 0 Å². The maximum Gasteiger partial charge on any atom is 0.254 e. The lowest BCUT2D eigenvalue weighted by atomic mass is 9.96. The van der Waals surface area contributed by atoms with Gasteiger partial charge < -0.3 is 4.90 Å². The summed E-state index contributed by atoms with van der Waals surface area (Å²) in [5.74, 6) is 0.141. The third-order valence-electron chi connectivity index (χ3n) is 5.72. The van der Waals surface area contributed by atoms with Crippen LogP contribution in [-0.4, -0.2) is 41.4 Å². The van der Waals surface area contributed by atoms with Crippen molar-refractivity contribution in [1.29, 1.82) is 5.26 Å². The smallest absolute Gasteiger partial charge is 0.254 e. The van der Waals surface area contributed by atoms with E-state index in [1.54, 1.807) is 0 Å². The Labute approximate surface area is 154 Å². The number of fused-ring (bicyclic) bond motifs is 1. The van der Waals surface area contributed by atoms with Gasteiger partial charge in [0, 0.05) is 31.2 Å². The molecular weight excluding hydrogens is 322 g/mol. The minimum atomic E-state index is 0.141. The van der Waals surface area contributed by atoms with Crippen LogP contribution in [0.1, 0.15) is 41.3 Å². The summed E-state index contributed by atoms with van der Waals surface area (Å²) in [6, 6.07) is 16.3. The molecule has 132 valence electrons. The highest BCUT2D eigenvalue weighted by atomic mass is 16.2. The molecule has 26 heavy (non-hydrogen) atoms. The number of rotatable bonds is 4. The molecule has 0 unspecified atom stereocenters. The molecule has 0 radical (unpaired) electrons. The number of benzene rings is 2. The lowest BCUT2D eigenvalue weighted by Gasteiger charge is -2.24. The van der Waals surface area contributed by atoms with Crippen LogP contribution in [0.3, 0.4) is 0 Å². The number of carbonyl (C=O) groups is 1. The fourth-order valence-electron chi connectivity index (χ4n) is 4.14. The van der Waals surface area contributed by atoms with Gasteiger partial charge in [0.2, 0.25) is 0 Å². The van der Waals surface area contributed by atoms with E-state index in [2.05, 4.69) is 24.0 Å². The molecule has 2 aliphatic heterocycles. The summed E-state index contributed by atoms with van der Waals surface area (Å²) in [4.78, 5) is 17.3. The minimum Gasteiger partial charge on any atom is -0.333 e. The molecule has 4 nitrogen and oxygen atoms in total. The molecule has 2 heterocycles. The first-order chi connectivity index (χ1) is 12.7. The van der Waals surface area contributed by atoms with Crippen molar-refractivity contribution in [3.8, 4) is 17.2 Å². The Kier molecular flexibility index (Phi) is 4.48. The zero-order chi connectivity index (χ0) is 18.1. The largest absolute Gasteiger partial charge is 0.333 e. The highest BCUT2D eigenvalue weighted by Gasteiger charge is 2.30. The van der Waals surface area contributed by atoms with E-state index >= 15 is 0 Å². The van der Waals surface area contributed by atoms with Crippen LogP contribution in [0.5, 0.6) is 0 Å². The molecule has 4 rings (SSSR count). The Bertz CT molecular complexity index is 866. The van der Waals surface area contributed by atoms with Gasteiger partial charge in [-0.1, -0.05) is 24.3 Å². The van der Waals surface area contributed by atoms with Gasteiger partial charge in [-0.05, 0) is 61.2 Å². The number of amides is 1. The second kappa shape index (κ2) is 6.93. The van der Waals surface area contributed by atoms with Gasteiger partial charge in [-0.3, -0.25) is 9.69 Å². The van der Waals surface area contributed by atoms with Crippen molar-refractivity contribution in [2.75, 3.05) is 19.6 Å². The molecule has 0 bridgehead atoms. The number of hydrogen-bond donors (Lipinski definition) is 0. The van der Waals surface area contributed by atoms with Gasteiger partial charge in [0.25, 0.3) is 5.91 Å². The summed E-state index contributed by atoms with van der Waals surface area (Å²) in [5, 5.41) is 8.99. The van der Waals surface area contributed by atoms with Gasteiger partial charge in [-0.2, -0.15) is 5.26 Å². The quantitative estimate of drug-likeness (QED) is 0.849. The molecule has 0 saturated carbocycles. The lowest BCUT2D eigenvalue weighted by molar-refractivity contribution is 0.0756. The zero-order valence-corrected chi connectivity index (χ0v) is 15.1. The first kappa shape index (κ1) is 16.8. The first-order valence-electron chi connectivity index (χ1n) is 9.33. The fourth-order valence-corrected chi connectivity index (χ4v) is 4.14. The SMILES string of the molecule is C[C@@H]1CCCN1CCN1Cc2c(cccc2-c2ccc(C#N)cc2)C1=O. The molecule has 1 fully saturated rings. The average molecular weight is 345 g/mol. The van der Waals surface area contributed by atoms with E-state index in [-0.39, 0.29) is 5.91 Å². The number of likely N-dealkylation sites (tertiary alicyclic amines) is 1. The van der Waals surface area contributed by atoms with Crippen molar-refractivity contribution in [2.24, 2.45) is 0 Å². The number of carbonyl (C=O) groups excluding carboxylic acids is 1. The average Bonchev–Trinajstić information content (AvgIpc) is 3.23. The van der Waals surface area contributed by atoms with Crippen molar-refractivity contribution in [2.45, 2.75) is 32.4 Å². The molecule has 0 aromatic heterocycles. The molecule has 1 saturated heterocycles. The monoisotopic (exact) mass is 345 g/mol. The third kappa shape index (κ3) is 3.00. The highest BCUT2D eigenvalue weighted by molar-refractivity contribution is 6.00. The molecule has 2 aromatic rings. The molecule has 0 spiro atoms. The van der Waals surface area contributed by atoms with Crippen molar-refractivity contribution in [3.63, 3.8) is 0 Å². The van der Waals surface area contributed by atoms with Gasteiger partial charge in [0.05, 0.1) is 11.6 Å². The van der Waals surface area contributed by atoms with Crippen LogP contribution in [0.4, 0.5) is 0 Å². The van der Waals surface area contributed by atoms with E-state index in [1.165, 1.54) is 12.8 Å². The Hall–Kier alpha value is -2.64. The van der Waals surface area contributed by atoms with Crippen LogP contribution in [0.2, 0.25) is 0 Å². The normalized spacial score (nSPS) is 19.6. The fraction of sp³-hybridized carbons (Fsp3) is 0.364. The van der Waals surface area contributed by atoms with Crippen LogP contribution in [0, 0.1) is 11.3 Å². The van der Waals surface area contributed by atoms with Gasteiger partial charge in [-0.25, -0.2) is 0 Å². The number of nitrogens with zero attached hydrogens (tertiary/aromatic N) is 3. The van der Waals surface area contributed by atoms with Crippen LogP contribution in [0.15, 0.2) is 42.5 Å². The van der Waals surface area contributed by atoms with Crippen LogP contribution in [0.25, 0.3) is 11.1 Å². The second-order valence-electron chi connectivity index (χ2n) is 7.27. The maximum absolute atomic E-state index is 12.8. The summed E-state index contributed by atoms with van der Waals surface area (Å²) in [6.45, 7) is 5.83. The Balaban J connectivity index is 1.55. The molecule has 0 aliphatic carbocycles. The van der Waals surface area contributed by atoms with Crippen LogP contribution < -0.4 is 0 Å². The van der Waals surface area contributed by atoms with Gasteiger partial charge in [-0.15, -0.1) is 0 Å². The van der Waals surface area contributed by atoms with Crippen molar-refractivity contribution < 1.29 is 4.79 Å². The summed E-state index contributed by atoms with van der Waals surface area (Å²) in [5.41, 5.74) is 4.73. The van der Waals surface area contributed by atoms with Gasteiger partial charge in [0.15, 0.2) is 0 Å². The summed E-state index contributed by atoms with van der Waals surface area (Å²) in [6.07, 6.45) is 2.52. The molecule has 0 N–H and O–H groups in total. The van der Waals surface area contributed by atoms with E-state index in [9.17, 15) is 4.79 Å². The molecule has 2 aromatic carbocycles. The highest BCUT2D eigenvalue weighted by Crippen LogP contribution is 2.33. The molecule has 1 atom stereocenters. The summed E-state index contributed by atoms with van der Waals surface area (Å²) in [7, 11) is 0. The Morgan fingerprint density at radius 1 is 1.12 bits per heavy atom. The van der Waals surface area contributed by atoms with E-state index in [4.69, 9.17) is 5.26 Å². The van der Waals surface area contributed by atoms with Gasteiger partial charge in [0.1, 0.15) is 0 Å². The van der Waals surface area contributed by atoms with Crippen molar-refractivity contribution in [3.05, 3.63) is 59.2 Å².